The molecule has 1 atom stereocenters. The number of carboxylic acids is 1. The Morgan fingerprint density at radius 1 is 0.952 bits per heavy atom. The van der Waals surface area contributed by atoms with Crippen molar-refractivity contribution in [3.8, 4) is 0 Å². The lowest BCUT2D eigenvalue weighted by Crippen LogP contribution is -2.49. The van der Waals surface area contributed by atoms with Gasteiger partial charge in [-0.05, 0) is 31.6 Å². The number of hydrogen-bond acceptors (Lipinski definition) is 3. The molecular weight excluding hydrogens is 292 g/mol. The molecule has 0 bridgehead atoms. The van der Waals surface area contributed by atoms with Gasteiger partial charge in [0.1, 0.15) is 0 Å². The van der Waals surface area contributed by atoms with Gasteiger partial charge in [-0.25, -0.2) is 0 Å². The van der Waals surface area contributed by atoms with Crippen molar-refractivity contribution in [3.63, 3.8) is 0 Å². The Morgan fingerprint density at radius 2 is 1.52 bits per heavy atom. The van der Waals surface area contributed by atoms with Crippen molar-refractivity contribution in [2.24, 2.45) is 5.92 Å². The highest BCUT2D eigenvalue weighted by Gasteiger charge is 2.34. The number of piperidine rings is 1. The first-order valence-corrected chi connectivity index (χ1v) is 9.37. The molecule has 2 saturated heterocycles. The number of rotatable bonds is 4. The number of carboxylic acid groups (broad SMARTS) is 1. The molecule has 0 aromatic carbocycles. The summed E-state index contributed by atoms with van der Waals surface area (Å²) < 4.78 is 28.6. The van der Waals surface area contributed by atoms with Crippen LogP contribution in [0.3, 0.4) is 0 Å². The monoisotopic (exact) mass is 318 g/mol. The lowest BCUT2D eigenvalue weighted by atomic mass is 9.96. The van der Waals surface area contributed by atoms with Crippen LogP contribution in [0.2, 0.25) is 0 Å². The molecule has 0 saturated carbocycles. The normalized spacial score (nSPS) is 27.0. The van der Waals surface area contributed by atoms with Crippen LogP contribution < -0.4 is 0 Å². The molecule has 0 amide bonds. The molecule has 0 spiro atoms. The third kappa shape index (κ3) is 4.66. The quantitative estimate of drug-likeness (QED) is 0.855. The minimum atomic E-state index is -3.42. The van der Waals surface area contributed by atoms with Crippen LogP contribution in [0.4, 0.5) is 0 Å². The SMILES string of the molecule is O=C(O)C[C@@H]1CCCN(S(=O)(=O)N2CCCCCCC2)C1. The van der Waals surface area contributed by atoms with E-state index >= 15 is 0 Å². The van der Waals surface area contributed by atoms with E-state index in [9.17, 15) is 13.2 Å². The highest BCUT2D eigenvalue weighted by Crippen LogP contribution is 2.24. The Balaban J connectivity index is 2.01. The summed E-state index contributed by atoms with van der Waals surface area (Å²) in [6.45, 7) is 2.07. The molecule has 122 valence electrons. The Hall–Kier alpha value is -0.660. The highest BCUT2D eigenvalue weighted by atomic mass is 32.2. The van der Waals surface area contributed by atoms with E-state index in [0.29, 0.717) is 26.2 Å². The fourth-order valence-corrected chi connectivity index (χ4v) is 5.07. The third-order valence-corrected chi connectivity index (χ3v) is 6.41. The lowest BCUT2D eigenvalue weighted by molar-refractivity contribution is -0.138. The Labute approximate surface area is 127 Å². The van der Waals surface area contributed by atoms with Gasteiger partial charge in [-0.1, -0.05) is 19.3 Å². The fourth-order valence-electron chi connectivity index (χ4n) is 3.26. The van der Waals surface area contributed by atoms with E-state index in [1.807, 2.05) is 0 Å². The number of aliphatic carboxylic acids is 1. The maximum Gasteiger partial charge on any atom is 0.303 e. The molecule has 2 fully saturated rings. The predicted octanol–water partition coefficient (Wildman–Crippen LogP) is 1.68. The first-order valence-electron chi connectivity index (χ1n) is 7.97. The van der Waals surface area contributed by atoms with Crippen molar-refractivity contribution in [1.82, 2.24) is 8.61 Å². The first kappa shape index (κ1) is 16.7. The Morgan fingerprint density at radius 3 is 2.14 bits per heavy atom. The fraction of sp³-hybridized carbons (Fsp3) is 0.929. The van der Waals surface area contributed by atoms with Gasteiger partial charge in [0.05, 0.1) is 0 Å². The van der Waals surface area contributed by atoms with E-state index in [1.54, 1.807) is 4.31 Å². The zero-order valence-corrected chi connectivity index (χ0v) is 13.4. The van der Waals surface area contributed by atoms with E-state index in [1.165, 1.54) is 10.7 Å². The zero-order chi connectivity index (χ0) is 15.3. The van der Waals surface area contributed by atoms with Crippen LogP contribution in [0, 0.1) is 5.92 Å². The molecule has 1 N–H and O–H groups in total. The summed E-state index contributed by atoms with van der Waals surface area (Å²) >= 11 is 0. The van der Waals surface area contributed by atoms with Crippen LogP contribution in [0.5, 0.6) is 0 Å². The molecule has 0 radical (unpaired) electrons. The van der Waals surface area contributed by atoms with E-state index < -0.39 is 16.2 Å². The average molecular weight is 318 g/mol. The molecule has 2 rings (SSSR count). The van der Waals surface area contributed by atoms with Gasteiger partial charge >= 0.3 is 5.97 Å². The maximum atomic E-state index is 12.7. The summed E-state index contributed by atoms with van der Waals surface area (Å²) in [4.78, 5) is 10.8. The summed E-state index contributed by atoms with van der Waals surface area (Å²) in [6.07, 6.45) is 6.84. The smallest absolute Gasteiger partial charge is 0.303 e. The van der Waals surface area contributed by atoms with Gasteiger partial charge in [-0.3, -0.25) is 4.79 Å². The highest BCUT2D eigenvalue weighted by molar-refractivity contribution is 7.86. The lowest BCUT2D eigenvalue weighted by Gasteiger charge is -2.35. The molecule has 0 aromatic heterocycles. The van der Waals surface area contributed by atoms with Gasteiger partial charge in [0.15, 0.2) is 0 Å². The molecule has 2 aliphatic rings. The van der Waals surface area contributed by atoms with Crippen molar-refractivity contribution in [1.29, 1.82) is 0 Å². The summed E-state index contributed by atoms with van der Waals surface area (Å²) in [6, 6.07) is 0. The number of hydrogen-bond donors (Lipinski definition) is 1. The third-order valence-electron chi connectivity index (χ3n) is 4.41. The Bertz CT molecular complexity index is 444. The minimum Gasteiger partial charge on any atom is -0.481 e. The van der Waals surface area contributed by atoms with Crippen LogP contribution >= 0.6 is 0 Å². The molecule has 2 heterocycles. The zero-order valence-electron chi connectivity index (χ0n) is 12.5. The molecular formula is C14H26N2O4S. The van der Waals surface area contributed by atoms with Gasteiger partial charge in [0.2, 0.25) is 0 Å². The molecule has 0 aliphatic carbocycles. The number of nitrogens with zero attached hydrogens (tertiary/aromatic N) is 2. The average Bonchev–Trinajstić information content (AvgIpc) is 2.37. The van der Waals surface area contributed by atoms with E-state index in [2.05, 4.69) is 0 Å². The predicted molar refractivity (Wildman–Crippen MR) is 80.1 cm³/mol. The molecule has 6 nitrogen and oxygen atoms in total. The Kier molecular flexibility index (Phi) is 6.01. The maximum absolute atomic E-state index is 12.7. The van der Waals surface area contributed by atoms with Crippen molar-refractivity contribution >= 4 is 16.2 Å². The summed E-state index contributed by atoms with van der Waals surface area (Å²) in [5.74, 6) is -0.897. The summed E-state index contributed by atoms with van der Waals surface area (Å²) in [5, 5.41) is 8.89. The van der Waals surface area contributed by atoms with Crippen molar-refractivity contribution in [2.45, 2.75) is 51.4 Å². The summed E-state index contributed by atoms with van der Waals surface area (Å²) in [7, 11) is -3.42. The van der Waals surface area contributed by atoms with Crippen LogP contribution in [0.25, 0.3) is 0 Å². The summed E-state index contributed by atoms with van der Waals surface area (Å²) in [5.41, 5.74) is 0. The van der Waals surface area contributed by atoms with Gasteiger partial charge in [-0.15, -0.1) is 0 Å². The topological polar surface area (TPSA) is 77.9 Å². The second kappa shape index (κ2) is 7.56. The molecule has 7 heteroatoms. The number of carbonyl (C=O) groups is 1. The second-order valence-electron chi connectivity index (χ2n) is 6.14. The van der Waals surface area contributed by atoms with Crippen LogP contribution in [-0.4, -0.2) is 54.3 Å². The van der Waals surface area contributed by atoms with E-state index in [4.69, 9.17) is 5.11 Å². The standard InChI is InChI=1S/C14H26N2O4S/c17-14(18)11-13-7-6-10-16(12-13)21(19,20)15-8-4-2-1-3-5-9-15/h13H,1-12H2,(H,17,18)/t13-/m0/s1. The van der Waals surface area contributed by atoms with Gasteiger partial charge < -0.3 is 5.11 Å². The second-order valence-corrected chi connectivity index (χ2v) is 8.07. The van der Waals surface area contributed by atoms with Gasteiger partial charge in [0, 0.05) is 32.6 Å². The van der Waals surface area contributed by atoms with Gasteiger partial charge in [0.25, 0.3) is 10.2 Å². The van der Waals surface area contributed by atoms with Gasteiger partial charge in [-0.2, -0.15) is 17.0 Å². The first-order chi connectivity index (χ1) is 10.00. The van der Waals surface area contributed by atoms with Crippen molar-refractivity contribution in [3.05, 3.63) is 0 Å². The minimum absolute atomic E-state index is 0.0548. The molecule has 2 aliphatic heterocycles. The van der Waals surface area contributed by atoms with E-state index in [-0.39, 0.29) is 12.3 Å². The van der Waals surface area contributed by atoms with Crippen LogP contribution in [-0.2, 0) is 15.0 Å². The van der Waals surface area contributed by atoms with Crippen LogP contribution in [0.1, 0.15) is 51.4 Å². The van der Waals surface area contributed by atoms with Crippen molar-refractivity contribution < 1.29 is 18.3 Å². The molecule has 21 heavy (non-hydrogen) atoms. The molecule has 0 aromatic rings. The van der Waals surface area contributed by atoms with Crippen LogP contribution in [0.15, 0.2) is 0 Å². The van der Waals surface area contributed by atoms with Crippen molar-refractivity contribution in [2.75, 3.05) is 26.2 Å². The molecule has 0 unspecified atom stereocenters. The van der Waals surface area contributed by atoms with E-state index in [0.717, 1.165) is 38.5 Å². The largest absolute Gasteiger partial charge is 0.481 e.